The Morgan fingerprint density at radius 1 is 0.600 bits per heavy atom. The Hall–Kier alpha value is -0.760. The highest BCUT2D eigenvalue weighted by molar-refractivity contribution is 7.47. The third-order valence-corrected chi connectivity index (χ3v) is 11.7. The van der Waals surface area contributed by atoms with E-state index in [4.69, 9.17) is 9.05 Å². The number of nitrogens with zero attached hydrogens (tertiary/aromatic N) is 1. The van der Waals surface area contributed by atoms with Crippen LogP contribution in [-0.2, 0) is 18.4 Å². The molecule has 0 aliphatic heterocycles. The number of rotatable bonds is 43. The number of phosphoric ester groups is 1. The second-order valence-corrected chi connectivity index (χ2v) is 18.9. The lowest BCUT2D eigenvalue weighted by Gasteiger charge is -2.25. The largest absolute Gasteiger partial charge is 0.472 e. The predicted octanol–water partition coefficient (Wildman–Crippen LogP) is 13.1. The van der Waals surface area contributed by atoms with Crippen LogP contribution in [0.4, 0.5) is 0 Å². The molecule has 3 N–H and O–H groups in total. The summed E-state index contributed by atoms with van der Waals surface area (Å²) in [5.41, 5.74) is 0. The number of hydrogen-bond acceptors (Lipinski definition) is 5. The molecule has 0 saturated heterocycles. The van der Waals surface area contributed by atoms with Crippen molar-refractivity contribution in [3.8, 4) is 0 Å². The lowest BCUT2D eigenvalue weighted by Crippen LogP contribution is -2.45. The second kappa shape index (κ2) is 38.7. The van der Waals surface area contributed by atoms with Gasteiger partial charge in [0.1, 0.15) is 13.2 Å². The molecule has 0 rings (SSSR count). The Balaban J connectivity index is 3.82. The van der Waals surface area contributed by atoms with Crippen LogP contribution in [0.5, 0.6) is 0 Å². The van der Waals surface area contributed by atoms with Gasteiger partial charge in [-0.15, -0.1) is 0 Å². The monoisotopic (exact) mass is 802 g/mol. The van der Waals surface area contributed by atoms with Crippen LogP contribution < -0.4 is 5.32 Å². The number of carbonyl (C=O) groups excluding carboxylic acids is 1. The molecule has 0 aromatic rings. The summed E-state index contributed by atoms with van der Waals surface area (Å²) in [6.07, 6.45) is 45.4. The van der Waals surface area contributed by atoms with E-state index in [1.54, 1.807) is 6.08 Å². The van der Waals surface area contributed by atoms with Crippen molar-refractivity contribution in [2.45, 2.75) is 238 Å². The maximum Gasteiger partial charge on any atom is 0.472 e. The molecule has 55 heavy (non-hydrogen) atoms. The molecule has 0 heterocycles. The minimum absolute atomic E-state index is 0.0629. The molecule has 0 aliphatic carbocycles. The Labute approximate surface area is 342 Å². The summed E-state index contributed by atoms with van der Waals surface area (Å²) in [6.45, 7) is 4.65. The number of nitrogens with one attached hydrogen (secondary N) is 1. The molecule has 3 unspecified atom stereocenters. The summed E-state index contributed by atoms with van der Waals surface area (Å²) < 4.78 is 23.3. The molecule has 0 bridgehead atoms. The standard InChI is InChI=1S/C46H93N2O6P/c1-6-8-10-11-12-13-14-15-16-17-18-19-20-21-22-23-24-25-26-27-28-29-30-31-32-33-34-35-36-38-39-45(49)44(47-46(50)40-37-9-7-2)43-54-55(51,52)53-42-41-48(3,4)5/h38-39,44-45,49H,6-37,40-43H2,1-5H3,(H-,47,50,51,52)/p+1/b39-38+. The van der Waals surface area contributed by atoms with E-state index in [1.807, 2.05) is 27.2 Å². The zero-order valence-electron chi connectivity index (χ0n) is 37.2. The molecular formula is C46H94N2O6P+. The molecule has 0 spiro atoms. The summed E-state index contributed by atoms with van der Waals surface area (Å²) in [5, 5.41) is 13.6. The minimum atomic E-state index is -4.31. The van der Waals surface area contributed by atoms with Crippen LogP contribution in [0.3, 0.4) is 0 Å². The van der Waals surface area contributed by atoms with Gasteiger partial charge in [-0.3, -0.25) is 13.8 Å². The van der Waals surface area contributed by atoms with Gasteiger partial charge in [-0.05, 0) is 19.3 Å². The molecular weight excluding hydrogens is 707 g/mol. The van der Waals surface area contributed by atoms with Crippen LogP contribution in [0.25, 0.3) is 0 Å². The van der Waals surface area contributed by atoms with Gasteiger partial charge in [0.2, 0.25) is 5.91 Å². The normalized spacial score (nSPS) is 14.4. The average Bonchev–Trinajstić information content (AvgIpc) is 3.13. The number of quaternary nitrogens is 1. The molecule has 8 nitrogen and oxygen atoms in total. The van der Waals surface area contributed by atoms with E-state index in [9.17, 15) is 19.4 Å². The van der Waals surface area contributed by atoms with Gasteiger partial charge in [0.05, 0.1) is 39.9 Å². The van der Waals surface area contributed by atoms with E-state index in [-0.39, 0.29) is 19.1 Å². The lowest BCUT2D eigenvalue weighted by molar-refractivity contribution is -0.870. The SMILES string of the molecule is CCCCCCCCCCCCCCCCCCCCCCCCCCCCCC/C=C/C(O)C(COP(=O)(O)OCC[N+](C)(C)C)NC(=O)CCCCC. The Bertz CT molecular complexity index is 911. The van der Waals surface area contributed by atoms with E-state index in [0.29, 0.717) is 17.4 Å². The van der Waals surface area contributed by atoms with Crippen molar-refractivity contribution in [3.63, 3.8) is 0 Å². The molecule has 0 saturated carbocycles. The van der Waals surface area contributed by atoms with Gasteiger partial charge < -0.3 is 19.8 Å². The fourth-order valence-electron chi connectivity index (χ4n) is 6.98. The van der Waals surface area contributed by atoms with Crippen molar-refractivity contribution in [1.29, 1.82) is 0 Å². The van der Waals surface area contributed by atoms with Gasteiger partial charge in [-0.25, -0.2) is 4.57 Å². The number of amides is 1. The lowest BCUT2D eigenvalue weighted by atomic mass is 10.0. The molecule has 0 radical (unpaired) electrons. The minimum Gasteiger partial charge on any atom is -0.387 e. The van der Waals surface area contributed by atoms with Crippen LogP contribution in [0.1, 0.15) is 226 Å². The van der Waals surface area contributed by atoms with Crippen molar-refractivity contribution < 1.29 is 32.9 Å². The Morgan fingerprint density at radius 2 is 0.964 bits per heavy atom. The summed E-state index contributed by atoms with van der Waals surface area (Å²) in [5.74, 6) is -0.200. The highest BCUT2D eigenvalue weighted by Gasteiger charge is 2.27. The Morgan fingerprint density at radius 3 is 1.35 bits per heavy atom. The highest BCUT2D eigenvalue weighted by Crippen LogP contribution is 2.43. The first-order valence-electron chi connectivity index (χ1n) is 23.6. The number of likely N-dealkylation sites (N-methyl/N-ethyl adjacent to an activating group) is 1. The Kier molecular flexibility index (Phi) is 38.2. The van der Waals surface area contributed by atoms with Crippen LogP contribution >= 0.6 is 7.82 Å². The first kappa shape index (κ1) is 54.2. The molecule has 9 heteroatoms. The molecule has 0 fully saturated rings. The topological polar surface area (TPSA) is 105 Å². The van der Waals surface area contributed by atoms with E-state index in [2.05, 4.69) is 19.2 Å². The molecule has 328 valence electrons. The molecule has 0 aliphatic rings. The van der Waals surface area contributed by atoms with Crippen LogP contribution in [-0.4, -0.2) is 73.4 Å². The smallest absolute Gasteiger partial charge is 0.387 e. The molecule has 3 atom stereocenters. The van der Waals surface area contributed by atoms with Gasteiger partial charge in [-0.1, -0.05) is 212 Å². The maximum atomic E-state index is 12.5. The van der Waals surface area contributed by atoms with Crippen LogP contribution in [0.2, 0.25) is 0 Å². The summed E-state index contributed by atoms with van der Waals surface area (Å²) in [6, 6.07) is -0.837. The third kappa shape index (κ3) is 41.2. The van der Waals surface area contributed by atoms with E-state index < -0.39 is 20.0 Å². The van der Waals surface area contributed by atoms with E-state index in [0.717, 1.165) is 32.1 Å². The fourth-order valence-corrected chi connectivity index (χ4v) is 7.72. The van der Waals surface area contributed by atoms with Gasteiger partial charge in [0.15, 0.2) is 0 Å². The van der Waals surface area contributed by atoms with Crippen LogP contribution in [0, 0.1) is 0 Å². The van der Waals surface area contributed by atoms with Crippen molar-refractivity contribution in [3.05, 3.63) is 12.2 Å². The van der Waals surface area contributed by atoms with Crippen molar-refractivity contribution >= 4 is 13.7 Å². The van der Waals surface area contributed by atoms with Gasteiger partial charge in [0, 0.05) is 6.42 Å². The summed E-state index contributed by atoms with van der Waals surface area (Å²) >= 11 is 0. The van der Waals surface area contributed by atoms with Crippen molar-refractivity contribution in [2.75, 3.05) is 40.9 Å². The van der Waals surface area contributed by atoms with Crippen molar-refractivity contribution in [2.24, 2.45) is 0 Å². The van der Waals surface area contributed by atoms with Crippen molar-refractivity contribution in [1.82, 2.24) is 5.32 Å². The molecule has 0 aromatic heterocycles. The first-order valence-corrected chi connectivity index (χ1v) is 25.1. The number of hydrogen-bond donors (Lipinski definition) is 3. The quantitative estimate of drug-likeness (QED) is 0.0245. The second-order valence-electron chi connectivity index (χ2n) is 17.5. The zero-order chi connectivity index (χ0) is 40.7. The van der Waals surface area contributed by atoms with E-state index in [1.165, 1.54) is 173 Å². The predicted molar refractivity (Wildman–Crippen MR) is 235 cm³/mol. The summed E-state index contributed by atoms with van der Waals surface area (Å²) in [7, 11) is 1.57. The average molecular weight is 802 g/mol. The molecule has 0 aromatic carbocycles. The maximum absolute atomic E-state index is 12.5. The summed E-state index contributed by atoms with van der Waals surface area (Å²) in [4.78, 5) is 22.6. The highest BCUT2D eigenvalue weighted by atomic mass is 31.2. The van der Waals surface area contributed by atoms with E-state index >= 15 is 0 Å². The van der Waals surface area contributed by atoms with Gasteiger partial charge in [-0.2, -0.15) is 0 Å². The number of unbranched alkanes of at least 4 members (excludes halogenated alkanes) is 30. The fraction of sp³-hybridized carbons (Fsp3) is 0.935. The number of phosphoric acid groups is 1. The number of aliphatic hydroxyl groups is 1. The number of allylic oxidation sites excluding steroid dienone is 1. The third-order valence-electron chi connectivity index (χ3n) is 10.8. The first-order chi connectivity index (χ1) is 26.5. The zero-order valence-corrected chi connectivity index (χ0v) is 38.1. The molecule has 1 amide bonds. The van der Waals surface area contributed by atoms with Crippen LogP contribution in [0.15, 0.2) is 12.2 Å². The van der Waals surface area contributed by atoms with Gasteiger partial charge >= 0.3 is 7.82 Å². The number of aliphatic hydroxyl groups excluding tert-OH is 1. The number of carbonyl (C=O) groups is 1. The van der Waals surface area contributed by atoms with Gasteiger partial charge in [0.25, 0.3) is 0 Å².